The monoisotopic (exact) mass is 281 g/mol. The summed E-state index contributed by atoms with van der Waals surface area (Å²) in [4.78, 5) is 11.4. The molecule has 0 saturated carbocycles. The van der Waals surface area contributed by atoms with Gasteiger partial charge in [-0.1, -0.05) is 12.2 Å². The van der Waals surface area contributed by atoms with Crippen LogP contribution >= 0.6 is 12.2 Å². The number of rotatable bonds is 2. The van der Waals surface area contributed by atoms with Gasteiger partial charge in [-0.2, -0.15) is 5.10 Å². The highest BCUT2D eigenvalue weighted by Crippen LogP contribution is 2.15. The first-order valence-electron chi connectivity index (χ1n) is 5.26. The van der Waals surface area contributed by atoms with E-state index in [4.69, 9.17) is 18.0 Å². The Morgan fingerprint density at radius 3 is 2.68 bits per heavy atom. The predicted molar refractivity (Wildman–Crippen MR) is 70.4 cm³/mol. The van der Waals surface area contributed by atoms with Crippen LogP contribution in [0.3, 0.4) is 0 Å². The number of nitrogens with two attached hydrogens (primary N) is 1. The summed E-state index contributed by atoms with van der Waals surface area (Å²) in [6.45, 7) is 1.54. The van der Waals surface area contributed by atoms with Gasteiger partial charge in [0.1, 0.15) is 22.3 Å². The van der Waals surface area contributed by atoms with Crippen LogP contribution in [0.1, 0.15) is 11.4 Å². The number of hydrogen-bond donors (Lipinski definition) is 1. The fraction of sp³-hybridized carbons (Fsp3) is 0.0833. The third kappa shape index (κ3) is 2.50. The summed E-state index contributed by atoms with van der Waals surface area (Å²) in [5, 5.41) is 3.87. The molecule has 2 rings (SSSR count). The molecule has 0 unspecified atom stereocenters. The SMILES string of the molecule is Cc1cc(=O)c(C(N)=S)nn1-c1cc(F)ccc1F. The Hall–Kier alpha value is -2.15. The predicted octanol–water partition coefficient (Wildman–Crippen LogP) is 1.45. The number of nitrogens with zero attached hydrogens (tertiary/aromatic N) is 2. The molecule has 0 fully saturated rings. The fourth-order valence-electron chi connectivity index (χ4n) is 1.61. The average molecular weight is 281 g/mol. The van der Waals surface area contributed by atoms with E-state index in [1.165, 1.54) is 6.07 Å². The molecule has 1 heterocycles. The number of benzene rings is 1. The van der Waals surface area contributed by atoms with Crippen molar-refractivity contribution in [2.45, 2.75) is 6.92 Å². The Bertz CT molecular complexity index is 727. The van der Waals surface area contributed by atoms with Crippen molar-refractivity contribution in [2.24, 2.45) is 5.73 Å². The van der Waals surface area contributed by atoms with Gasteiger partial charge in [0.15, 0.2) is 5.69 Å². The van der Waals surface area contributed by atoms with Gasteiger partial charge in [0.05, 0.1) is 0 Å². The van der Waals surface area contributed by atoms with E-state index in [9.17, 15) is 13.6 Å². The van der Waals surface area contributed by atoms with Gasteiger partial charge in [0.2, 0.25) is 5.43 Å². The highest BCUT2D eigenvalue weighted by atomic mass is 32.1. The van der Waals surface area contributed by atoms with Gasteiger partial charge in [0.25, 0.3) is 0 Å². The summed E-state index contributed by atoms with van der Waals surface area (Å²) in [5.74, 6) is -1.29. The maximum absolute atomic E-state index is 13.7. The van der Waals surface area contributed by atoms with Gasteiger partial charge in [-0.25, -0.2) is 13.5 Å². The highest BCUT2D eigenvalue weighted by molar-refractivity contribution is 7.80. The molecule has 1 aromatic heterocycles. The van der Waals surface area contributed by atoms with Crippen LogP contribution in [0, 0.1) is 18.6 Å². The van der Waals surface area contributed by atoms with Crippen molar-refractivity contribution in [1.82, 2.24) is 9.78 Å². The Labute approximate surface area is 112 Å². The largest absolute Gasteiger partial charge is 0.388 e. The molecule has 0 bridgehead atoms. The highest BCUT2D eigenvalue weighted by Gasteiger charge is 2.13. The lowest BCUT2D eigenvalue weighted by molar-refractivity contribution is 0.582. The molecule has 0 radical (unpaired) electrons. The number of hydrogen-bond acceptors (Lipinski definition) is 3. The molecule has 0 amide bonds. The number of aromatic nitrogens is 2. The van der Waals surface area contributed by atoms with Crippen molar-refractivity contribution in [3.05, 3.63) is 57.5 Å². The molecule has 98 valence electrons. The molecule has 0 aliphatic carbocycles. The molecule has 7 heteroatoms. The minimum atomic E-state index is -0.672. The zero-order valence-corrected chi connectivity index (χ0v) is 10.7. The normalized spacial score (nSPS) is 10.5. The van der Waals surface area contributed by atoms with Crippen LogP contribution in [0.5, 0.6) is 0 Å². The smallest absolute Gasteiger partial charge is 0.210 e. The van der Waals surface area contributed by atoms with Gasteiger partial charge in [-0.3, -0.25) is 4.79 Å². The van der Waals surface area contributed by atoms with Crippen molar-refractivity contribution < 1.29 is 8.78 Å². The van der Waals surface area contributed by atoms with Crippen LogP contribution in [-0.2, 0) is 0 Å². The van der Waals surface area contributed by atoms with Gasteiger partial charge in [-0.15, -0.1) is 0 Å². The third-order valence-electron chi connectivity index (χ3n) is 2.48. The van der Waals surface area contributed by atoms with Crippen molar-refractivity contribution in [3.63, 3.8) is 0 Å². The second-order valence-corrected chi connectivity index (χ2v) is 4.31. The topological polar surface area (TPSA) is 60.9 Å². The fourth-order valence-corrected chi connectivity index (χ4v) is 1.75. The zero-order chi connectivity index (χ0) is 14.2. The number of thiocarbonyl (C=S) groups is 1. The second kappa shape index (κ2) is 4.85. The van der Waals surface area contributed by atoms with Crippen LogP contribution in [-0.4, -0.2) is 14.8 Å². The minimum absolute atomic E-state index is 0.116. The maximum atomic E-state index is 13.7. The van der Waals surface area contributed by atoms with Crippen LogP contribution in [0.2, 0.25) is 0 Å². The maximum Gasteiger partial charge on any atom is 0.210 e. The molecule has 0 aliphatic rings. The molecule has 2 N–H and O–H groups in total. The summed E-state index contributed by atoms with van der Waals surface area (Å²) >= 11 is 4.70. The van der Waals surface area contributed by atoms with Crippen LogP contribution in [0.15, 0.2) is 29.1 Å². The van der Waals surface area contributed by atoms with E-state index in [-0.39, 0.29) is 16.4 Å². The van der Waals surface area contributed by atoms with Gasteiger partial charge in [0, 0.05) is 17.8 Å². The van der Waals surface area contributed by atoms with Crippen LogP contribution in [0.4, 0.5) is 8.78 Å². The van der Waals surface area contributed by atoms with E-state index < -0.39 is 17.1 Å². The van der Waals surface area contributed by atoms with E-state index in [2.05, 4.69) is 5.10 Å². The average Bonchev–Trinajstić information content (AvgIpc) is 2.32. The van der Waals surface area contributed by atoms with Crippen molar-refractivity contribution in [3.8, 4) is 5.69 Å². The van der Waals surface area contributed by atoms with Crippen molar-refractivity contribution >= 4 is 17.2 Å². The number of aryl methyl sites for hydroxylation is 1. The molecule has 2 aromatic rings. The Morgan fingerprint density at radius 2 is 2.05 bits per heavy atom. The molecular weight excluding hydrogens is 272 g/mol. The lowest BCUT2D eigenvalue weighted by atomic mass is 10.2. The van der Waals surface area contributed by atoms with Gasteiger partial charge in [-0.05, 0) is 19.1 Å². The molecule has 0 saturated heterocycles. The van der Waals surface area contributed by atoms with Crippen LogP contribution in [0.25, 0.3) is 5.69 Å². The molecule has 0 aliphatic heterocycles. The molecule has 4 nitrogen and oxygen atoms in total. The van der Waals surface area contributed by atoms with E-state index in [0.717, 1.165) is 22.9 Å². The molecule has 1 aromatic carbocycles. The lowest BCUT2D eigenvalue weighted by Gasteiger charge is -2.11. The van der Waals surface area contributed by atoms with Gasteiger partial charge >= 0.3 is 0 Å². The van der Waals surface area contributed by atoms with E-state index in [0.29, 0.717) is 5.69 Å². The minimum Gasteiger partial charge on any atom is -0.388 e. The van der Waals surface area contributed by atoms with E-state index in [1.54, 1.807) is 6.92 Å². The standard InChI is InChI=1S/C12H9F2N3OS/c1-6-4-10(18)11(12(15)19)16-17(6)9-5-7(13)2-3-8(9)14/h2-5H,1H3,(H2,15,19). The van der Waals surface area contributed by atoms with Crippen molar-refractivity contribution in [1.29, 1.82) is 0 Å². The third-order valence-corrected chi connectivity index (χ3v) is 2.67. The summed E-state index contributed by atoms with van der Waals surface area (Å²) in [6.07, 6.45) is 0. The summed E-state index contributed by atoms with van der Waals surface area (Å²) < 4.78 is 28.0. The molecule has 0 spiro atoms. The molecule has 0 atom stereocenters. The first kappa shape index (κ1) is 13.3. The zero-order valence-electron chi connectivity index (χ0n) is 9.85. The Balaban J connectivity index is 2.75. The van der Waals surface area contributed by atoms with Gasteiger partial charge < -0.3 is 5.73 Å². The number of halogens is 2. The molecule has 19 heavy (non-hydrogen) atoms. The lowest BCUT2D eigenvalue weighted by Crippen LogP contribution is -2.26. The Kier molecular flexibility index (Phi) is 3.39. The second-order valence-electron chi connectivity index (χ2n) is 3.87. The van der Waals surface area contributed by atoms with E-state index >= 15 is 0 Å². The van der Waals surface area contributed by atoms with Crippen LogP contribution < -0.4 is 11.2 Å². The summed E-state index contributed by atoms with van der Waals surface area (Å²) in [7, 11) is 0. The summed E-state index contributed by atoms with van der Waals surface area (Å²) in [5.41, 5.74) is 4.97. The molecular formula is C12H9F2N3OS. The Morgan fingerprint density at radius 1 is 1.37 bits per heavy atom. The first-order chi connectivity index (χ1) is 8.90. The quantitative estimate of drug-likeness (QED) is 0.846. The first-order valence-corrected chi connectivity index (χ1v) is 5.67. The van der Waals surface area contributed by atoms with E-state index in [1.807, 2.05) is 0 Å². The van der Waals surface area contributed by atoms with Crippen molar-refractivity contribution in [2.75, 3.05) is 0 Å². The summed E-state index contributed by atoms with van der Waals surface area (Å²) in [6, 6.07) is 4.16.